The Labute approximate surface area is 194 Å². The third kappa shape index (κ3) is 3.07. The highest BCUT2D eigenvalue weighted by Gasteiger charge is 2.68. The highest BCUT2D eigenvalue weighted by Crippen LogP contribution is 2.65. The topological polar surface area (TPSA) is 63.7 Å². The number of hydrogen-bond donors (Lipinski definition) is 0. The molecule has 3 fully saturated rings. The molecule has 2 saturated carbocycles. The summed E-state index contributed by atoms with van der Waals surface area (Å²) >= 11 is 3.37. The van der Waals surface area contributed by atoms with Gasteiger partial charge in [0.25, 0.3) is 0 Å². The summed E-state index contributed by atoms with van der Waals surface area (Å²) in [6.45, 7) is 0. The number of carbonyl (C=O) groups excluding carboxylic acids is 3. The molecule has 2 aromatic rings. The molecule has 4 aliphatic carbocycles. The number of esters is 1. The third-order valence-electron chi connectivity index (χ3n) is 7.58. The number of halogens is 1. The first-order valence-corrected chi connectivity index (χ1v) is 11.9. The van der Waals surface area contributed by atoms with Crippen LogP contribution < -0.4 is 4.74 Å². The fraction of sp³-hybridized carbons (Fsp3) is 0.346. The first-order valence-electron chi connectivity index (χ1n) is 11.1. The maximum Gasteiger partial charge on any atom is 0.335 e. The second kappa shape index (κ2) is 7.41. The van der Waals surface area contributed by atoms with Gasteiger partial charge in [0.1, 0.15) is 11.8 Å². The Kier molecular flexibility index (Phi) is 4.61. The summed E-state index contributed by atoms with van der Waals surface area (Å²) in [5, 5.41) is 0. The van der Waals surface area contributed by atoms with E-state index in [-0.39, 0.29) is 41.9 Å². The number of rotatable bonds is 5. The molecule has 1 aliphatic heterocycles. The first-order chi connectivity index (χ1) is 15.5. The summed E-state index contributed by atoms with van der Waals surface area (Å²) in [6, 6.07) is 15.4. The average Bonchev–Trinajstić information content (AvgIpc) is 3.58. The van der Waals surface area contributed by atoms with E-state index < -0.39 is 12.0 Å². The molecule has 1 heterocycles. The standard InChI is InChI=1S/C26H22BrNO4/c27-15-6-8-16(9-7-15)32-26(31)21(12-14-4-2-1-3-5-14)28-24(29)22-17-10-11-18(20-13-19(17)20)23(22)25(28)30/h1-11,17-23H,12-13H2. The molecule has 0 N–H and O–H groups in total. The number of nitrogens with zero attached hydrogens (tertiary/aromatic N) is 1. The monoisotopic (exact) mass is 491 g/mol. The van der Waals surface area contributed by atoms with Crippen LogP contribution in [0.5, 0.6) is 5.75 Å². The van der Waals surface area contributed by atoms with E-state index >= 15 is 0 Å². The van der Waals surface area contributed by atoms with Crippen LogP contribution in [0.3, 0.4) is 0 Å². The van der Waals surface area contributed by atoms with E-state index in [0.717, 1.165) is 16.5 Å². The minimum absolute atomic E-state index is 0.122. The Morgan fingerprint density at radius 2 is 1.53 bits per heavy atom. The van der Waals surface area contributed by atoms with E-state index in [1.54, 1.807) is 24.3 Å². The van der Waals surface area contributed by atoms with Gasteiger partial charge in [0, 0.05) is 10.9 Å². The quantitative estimate of drug-likeness (QED) is 0.274. The van der Waals surface area contributed by atoms with Crippen molar-refractivity contribution in [2.75, 3.05) is 0 Å². The molecule has 7 atom stereocenters. The van der Waals surface area contributed by atoms with Crippen LogP contribution in [0, 0.1) is 35.5 Å². The molecule has 7 unspecified atom stereocenters. The Morgan fingerprint density at radius 1 is 0.938 bits per heavy atom. The van der Waals surface area contributed by atoms with Crippen LogP contribution in [-0.4, -0.2) is 28.7 Å². The van der Waals surface area contributed by atoms with E-state index in [2.05, 4.69) is 28.1 Å². The number of likely N-dealkylation sites (tertiary alicyclic amines) is 1. The zero-order valence-electron chi connectivity index (χ0n) is 17.3. The third-order valence-corrected chi connectivity index (χ3v) is 8.11. The Hall–Kier alpha value is -2.73. The predicted octanol–water partition coefficient (Wildman–Crippen LogP) is 4.02. The van der Waals surface area contributed by atoms with Crippen LogP contribution >= 0.6 is 15.9 Å². The van der Waals surface area contributed by atoms with Gasteiger partial charge in [0.05, 0.1) is 11.8 Å². The van der Waals surface area contributed by atoms with E-state index in [9.17, 15) is 14.4 Å². The summed E-state index contributed by atoms with van der Waals surface area (Å²) in [7, 11) is 0. The minimum atomic E-state index is -0.984. The smallest absolute Gasteiger partial charge is 0.335 e. The van der Waals surface area contributed by atoms with Gasteiger partial charge in [-0.15, -0.1) is 0 Å². The van der Waals surface area contributed by atoms with Crippen molar-refractivity contribution in [3.63, 3.8) is 0 Å². The number of amides is 2. The molecule has 1 saturated heterocycles. The molecule has 5 nitrogen and oxygen atoms in total. The van der Waals surface area contributed by atoms with E-state index in [0.29, 0.717) is 17.6 Å². The molecule has 5 aliphatic rings. The van der Waals surface area contributed by atoms with Crippen molar-refractivity contribution in [1.82, 2.24) is 4.90 Å². The normalized spacial score (nSPS) is 32.5. The number of hydrogen-bond acceptors (Lipinski definition) is 4. The van der Waals surface area contributed by atoms with E-state index in [1.165, 1.54) is 4.90 Å². The molecule has 2 amide bonds. The fourth-order valence-electron chi connectivity index (χ4n) is 6.09. The maximum atomic E-state index is 13.6. The van der Waals surface area contributed by atoms with Gasteiger partial charge >= 0.3 is 5.97 Å². The lowest BCUT2D eigenvalue weighted by Gasteiger charge is -2.37. The number of allylic oxidation sites excluding steroid dienone is 2. The second-order valence-electron chi connectivity index (χ2n) is 9.28. The van der Waals surface area contributed by atoms with Gasteiger partial charge in [-0.25, -0.2) is 4.79 Å². The van der Waals surface area contributed by atoms with Crippen molar-refractivity contribution < 1.29 is 19.1 Å². The van der Waals surface area contributed by atoms with Crippen molar-refractivity contribution in [2.24, 2.45) is 35.5 Å². The van der Waals surface area contributed by atoms with E-state index in [4.69, 9.17) is 4.74 Å². The summed E-state index contributed by atoms with van der Waals surface area (Å²) in [5.74, 6) is -0.00218. The maximum absolute atomic E-state index is 13.6. The lowest BCUT2D eigenvalue weighted by Crippen LogP contribution is -2.48. The highest BCUT2D eigenvalue weighted by molar-refractivity contribution is 9.10. The summed E-state index contributed by atoms with van der Waals surface area (Å²) in [5.41, 5.74) is 0.879. The lowest BCUT2D eigenvalue weighted by atomic mass is 9.63. The molecular formula is C26H22BrNO4. The van der Waals surface area contributed by atoms with Crippen LogP contribution in [0.1, 0.15) is 12.0 Å². The van der Waals surface area contributed by atoms with Crippen LogP contribution in [0.2, 0.25) is 0 Å². The molecule has 32 heavy (non-hydrogen) atoms. The largest absolute Gasteiger partial charge is 0.425 e. The number of carbonyl (C=O) groups is 3. The molecule has 0 aromatic heterocycles. The lowest BCUT2D eigenvalue weighted by molar-refractivity contribution is -0.153. The molecule has 162 valence electrons. The summed E-state index contributed by atoms with van der Waals surface area (Å²) < 4.78 is 6.51. The van der Waals surface area contributed by atoms with Gasteiger partial charge in [-0.1, -0.05) is 58.4 Å². The van der Waals surface area contributed by atoms with Crippen molar-refractivity contribution in [2.45, 2.75) is 18.9 Å². The van der Waals surface area contributed by atoms with Gasteiger partial charge in [0.15, 0.2) is 0 Å². The van der Waals surface area contributed by atoms with Gasteiger partial charge in [0.2, 0.25) is 11.8 Å². The van der Waals surface area contributed by atoms with Gasteiger partial charge in [-0.05, 0) is 59.9 Å². The fourth-order valence-corrected chi connectivity index (χ4v) is 6.36. The number of benzene rings is 2. The van der Waals surface area contributed by atoms with Crippen LogP contribution in [0.4, 0.5) is 0 Å². The average molecular weight is 492 g/mol. The van der Waals surface area contributed by atoms with Crippen molar-refractivity contribution in [3.8, 4) is 5.75 Å². The zero-order valence-corrected chi connectivity index (χ0v) is 18.9. The molecule has 2 aromatic carbocycles. The summed E-state index contributed by atoms with van der Waals surface area (Å²) in [4.78, 5) is 41.8. The minimum Gasteiger partial charge on any atom is -0.425 e. The van der Waals surface area contributed by atoms with E-state index in [1.807, 2.05) is 30.3 Å². The first kappa shape index (κ1) is 19.9. The van der Waals surface area contributed by atoms with Crippen LogP contribution in [-0.2, 0) is 20.8 Å². The van der Waals surface area contributed by atoms with Crippen molar-refractivity contribution in [1.29, 1.82) is 0 Å². The SMILES string of the molecule is O=C(Oc1ccc(Br)cc1)C(Cc1ccccc1)N1C(=O)C2C3C=CC(C4CC34)C2C1=O. The van der Waals surface area contributed by atoms with Crippen LogP contribution in [0.25, 0.3) is 0 Å². The second-order valence-corrected chi connectivity index (χ2v) is 10.2. The predicted molar refractivity (Wildman–Crippen MR) is 120 cm³/mol. The van der Waals surface area contributed by atoms with Gasteiger partial charge in [-0.2, -0.15) is 0 Å². The molecular weight excluding hydrogens is 470 g/mol. The zero-order chi connectivity index (χ0) is 22.0. The molecule has 7 rings (SSSR count). The molecule has 2 bridgehead atoms. The molecule has 6 heteroatoms. The Bertz CT molecular complexity index is 1090. The number of ether oxygens (including phenoxy) is 1. The van der Waals surface area contributed by atoms with Crippen LogP contribution in [0.15, 0.2) is 71.2 Å². The Morgan fingerprint density at radius 3 is 2.12 bits per heavy atom. The van der Waals surface area contributed by atoms with Gasteiger partial charge in [-0.3, -0.25) is 14.5 Å². The Balaban J connectivity index is 1.33. The highest BCUT2D eigenvalue weighted by atomic mass is 79.9. The van der Waals surface area contributed by atoms with Crippen molar-refractivity contribution >= 4 is 33.7 Å². The summed E-state index contributed by atoms with van der Waals surface area (Å²) in [6.07, 6.45) is 5.62. The number of imide groups is 1. The molecule has 0 radical (unpaired) electrons. The van der Waals surface area contributed by atoms with Crippen molar-refractivity contribution in [3.05, 3.63) is 76.8 Å². The van der Waals surface area contributed by atoms with Gasteiger partial charge < -0.3 is 4.74 Å². The molecule has 0 spiro atoms.